The van der Waals surface area contributed by atoms with Crippen molar-refractivity contribution >= 4 is 29.0 Å². The minimum absolute atomic E-state index is 0. The average Bonchev–Trinajstić information content (AvgIpc) is 1.90. The highest BCUT2D eigenvalue weighted by Crippen LogP contribution is 1.96. The van der Waals surface area contributed by atoms with Crippen LogP contribution in [-0.2, 0) is 0 Å². The average molecular weight is 148 g/mol. The Bertz CT molecular complexity index is 208. The first-order chi connectivity index (χ1) is 4.30. The van der Waals surface area contributed by atoms with Crippen LogP contribution in [-0.4, -0.2) is 34.1 Å². The van der Waals surface area contributed by atoms with E-state index < -0.39 is 5.97 Å². The van der Waals surface area contributed by atoms with Gasteiger partial charge in [0, 0.05) is 0 Å². The lowest BCUT2D eigenvalue weighted by molar-refractivity contribution is 0.0697. The van der Waals surface area contributed by atoms with E-state index in [0.29, 0.717) is 5.56 Å². The van der Waals surface area contributed by atoms with Crippen molar-refractivity contribution < 1.29 is 9.90 Å². The Morgan fingerprint density at radius 1 is 1.20 bits per heavy atom. The molecule has 50 valence electrons. The maximum atomic E-state index is 10.2. The van der Waals surface area contributed by atoms with Gasteiger partial charge in [-0.15, -0.1) is 0 Å². The Morgan fingerprint density at radius 2 is 1.70 bits per heavy atom. The Kier molecular flexibility index (Phi) is 4.07. The molecule has 2 nitrogen and oxygen atoms in total. The molecule has 0 amide bonds. The van der Waals surface area contributed by atoms with Crippen LogP contribution in [0.2, 0.25) is 0 Å². The number of benzene rings is 1. The van der Waals surface area contributed by atoms with Gasteiger partial charge in [0.1, 0.15) is 0 Å². The molecule has 1 aromatic carbocycles. The standard InChI is InChI=1S/C7H6O2.Mg.2H/c8-7(9)6-4-2-1-3-5-6;;;/h1-5H,(H,8,9);;;. The monoisotopic (exact) mass is 148 g/mol. The predicted octanol–water partition coefficient (Wildman–Crippen LogP) is 0.469. The number of hydrogen-bond acceptors (Lipinski definition) is 1. The third-order valence-corrected chi connectivity index (χ3v) is 1.02. The third kappa shape index (κ3) is 2.37. The molecule has 0 saturated carbocycles. The molecule has 0 unspecified atom stereocenters. The molecule has 1 rings (SSSR count). The third-order valence-electron chi connectivity index (χ3n) is 1.02. The molecular formula is C7H8MgO2. The van der Waals surface area contributed by atoms with Gasteiger partial charge in [-0.25, -0.2) is 4.79 Å². The molecule has 0 atom stereocenters. The lowest BCUT2D eigenvalue weighted by Gasteiger charge is -1.88. The summed E-state index contributed by atoms with van der Waals surface area (Å²) in [5, 5.41) is 8.38. The summed E-state index contributed by atoms with van der Waals surface area (Å²) >= 11 is 0. The summed E-state index contributed by atoms with van der Waals surface area (Å²) in [4.78, 5) is 10.2. The molecule has 0 bridgehead atoms. The summed E-state index contributed by atoms with van der Waals surface area (Å²) in [5.41, 5.74) is 0.331. The molecule has 0 spiro atoms. The van der Waals surface area contributed by atoms with Gasteiger partial charge in [-0.05, 0) is 12.1 Å². The van der Waals surface area contributed by atoms with E-state index in [9.17, 15) is 4.79 Å². The molecule has 0 aromatic heterocycles. The highest BCUT2D eigenvalue weighted by atomic mass is 24.3. The number of aromatic carboxylic acids is 1. The van der Waals surface area contributed by atoms with Gasteiger partial charge < -0.3 is 5.11 Å². The lowest BCUT2D eigenvalue weighted by Crippen LogP contribution is -1.93. The van der Waals surface area contributed by atoms with E-state index in [2.05, 4.69) is 0 Å². The van der Waals surface area contributed by atoms with Crippen molar-refractivity contribution in [1.29, 1.82) is 0 Å². The lowest BCUT2D eigenvalue weighted by atomic mass is 10.2. The predicted molar refractivity (Wildman–Crippen MR) is 41.9 cm³/mol. The van der Waals surface area contributed by atoms with Crippen LogP contribution in [0.3, 0.4) is 0 Å². The molecule has 1 aromatic rings. The zero-order chi connectivity index (χ0) is 6.69. The van der Waals surface area contributed by atoms with Gasteiger partial charge in [-0.1, -0.05) is 18.2 Å². The van der Waals surface area contributed by atoms with Crippen LogP contribution in [0.25, 0.3) is 0 Å². The van der Waals surface area contributed by atoms with Crippen molar-refractivity contribution in [2.75, 3.05) is 0 Å². The molecule has 0 aliphatic heterocycles. The second-order valence-corrected chi connectivity index (χ2v) is 1.67. The van der Waals surface area contributed by atoms with Crippen molar-refractivity contribution in [1.82, 2.24) is 0 Å². The van der Waals surface area contributed by atoms with Crippen LogP contribution in [0, 0.1) is 0 Å². The van der Waals surface area contributed by atoms with Crippen LogP contribution in [0.1, 0.15) is 10.4 Å². The van der Waals surface area contributed by atoms with Crippen LogP contribution in [0.5, 0.6) is 0 Å². The van der Waals surface area contributed by atoms with Gasteiger partial charge in [0.05, 0.1) is 5.56 Å². The summed E-state index contributed by atoms with van der Waals surface area (Å²) in [6.45, 7) is 0. The molecule has 0 aliphatic rings. The maximum absolute atomic E-state index is 10.2. The molecule has 0 fully saturated rings. The second-order valence-electron chi connectivity index (χ2n) is 1.67. The van der Waals surface area contributed by atoms with Crippen molar-refractivity contribution in [3.8, 4) is 0 Å². The van der Waals surface area contributed by atoms with Crippen molar-refractivity contribution in [3.05, 3.63) is 35.9 Å². The maximum Gasteiger partial charge on any atom is 0.335 e. The molecule has 0 aliphatic carbocycles. The fourth-order valence-electron chi connectivity index (χ4n) is 0.581. The first-order valence-corrected chi connectivity index (χ1v) is 2.59. The van der Waals surface area contributed by atoms with E-state index in [0.717, 1.165) is 0 Å². The minimum Gasteiger partial charge on any atom is -0.478 e. The second kappa shape index (κ2) is 4.30. The first-order valence-electron chi connectivity index (χ1n) is 2.59. The van der Waals surface area contributed by atoms with Crippen LogP contribution in [0.4, 0.5) is 0 Å². The van der Waals surface area contributed by atoms with E-state index in [-0.39, 0.29) is 23.1 Å². The number of rotatable bonds is 1. The molecule has 10 heavy (non-hydrogen) atoms. The van der Waals surface area contributed by atoms with Crippen molar-refractivity contribution in [3.63, 3.8) is 0 Å². The Morgan fingerprint density at radius 3 is 2.00 bits per heavy atom. The van der Waals surface area contributed by atoms with Crippen molar-refractivity contribution in [2.24, 2.45) is 0 Å². The quantitative estimate of drug-likeness (QED) is 0.588. The smallest absolute Gasteiger partial charge is 0.335 e. The summed E-state index contributed by atoms with van der Waals surface area (Å²) in [7, 11) is 0. The summed E-state index contributed by atoms with van der Waals surface area (Å²) < 4.78 is 0. The van der Waals surface area contributed by atoms with Crippen molar-refractivity contribution in [2.45, 2.75) is 0 Å². The number of carbonyl (C=O) groups is 1. The number of hydrogen-bond donors (Lipinski definition) is 1. The van der Waals surface area contributed by atoms with Crippen LogP contribution in [0.15, 0.2) is 30.3 Å². The van der Waals surface area contributed by atoms with Gasteiger partial charge in [0.25, 0.3) is 0 Å². The SMILES string of the molecule is O=C(O)c1ccccc1.[MgH2]. The van der Waals surface area contributed by atoms with Crippen LogP contribution < -0.4 is 0 Å². The van der Waals surface area contributed by atoms with Gasteiger partial charge in [0.2, 0.25) is 0 Å². The van der Waals surface area contributed by atoms with Gasteiger partial charge in [-0.2, -0.15) is 0 Å². The highest BCUT2D eigenvalue weighted by molar-refractivity contribution is 5.87. The highest BCUT2D eigenvalue weighted by Gasteiger charge is 1.96. The summed E-state index contributed by atoms with van der Waals surface area (Å²) in [5.74, 6) is -0.879. The molecule has 1 N–H and O–H groups in total. The molecule has 0 radical (unpaired) electrons. The Labute approximate surface area is 75.0 Å². The fraction of sp³-hybridized carbons (Fsp3) is 0. The zero-order valence-corrected chi connectivity index (χ0v) is 4.74. The summed E-state index contributed by atoms with van der Waals surface area (Å²) in [6.07, 6.45) is 0. The number of carboxylic acids is 1. The van der Waals surface area contributed by atoms with Gasteiger partial charge in [0.15, 0.2) is 0 Å². The van der Waals surface area contributed by atoms with E-state index in [1.165, 1.54) is 0 Å². The van der Waals surface area contributed by atoms with Gasteiger partial charge >= 0.3 is 29.0 Å². The molecule has 0 heterocycles. The van der Waals surface area contributed by atoms with Crippen LogP contribution >= 0.6 is 0 Å². The molecule has 3 heteroatoms. The molecule has 0 saturated heterocycles. The van der Waals surface area contributed by atoms with E-state index in [1.807, 2.05) is 0 Å². The van der Waals surface area contributed by atoms with E-state index in [1.54, 1.807) is 30.3 Å². The fourth-order valence-corrected chi connectivity index (χ4v) is 0.581. The Hall–Kier alpha value is -0.544. The molecular weight excluding hydrogens is 140 g/mol. The zero-order valence-electron chi connectivity index (χ0n) is 4.74. The first kappa shape index (κ1) is 9.46. The Balaban J connectivity index is 0.000000810. The summed E-state index contributed by atoms with van der Waals surface area (Å²) in [6, 6.07) is 8.30. The van der Waals surface area contributed by atoms with E-state index in [4.69, 9.17) is 5.11 Å². The van der Waals surface area contributed by atoms with Gasteiger partial charge in [-0.3, -0.25) is 0 Å². The topological polar surface area (TPSA) is 37.3 Å². The largest absolute Gasteiger partial charge is 0.478 e. The number of carboxylic acid groups (broad SMARTS) is 1. The normalized spacial score (nSPS) is 8.00. The van der Waals surface area contributed by atoms with E-state index >= 15 is 0 Å². The minimum atomic E-state index is -0.879.